The molecule has 5 rings (SSSR count). The fourth-order valence-electron chi connectivity index (χ4n) is 6.24. The highest BCUT2D eigenvalue weighted by Gasteiger charge is 2.41. The van der Waals surface area contributed by atoms with E-state index in [1.165, 1.54) is 0 Å². The van der Waals surface area contributed by atoms with Crippen molar-refractivity contribution in [2.24, 2.45) is 5.73 Å². The molecule has 0 radical (unpaired) electrons. The average molecular weight is 603 g/mol. The van der Waals surface area contributed by atoms with E-state index < -0.39 is 55.3 Å². The Balaban J connectivity index is 1.23. The summed E-state index contributed by atoms with van der Waals surface area (Å²) in [7, 11) is 0. The van der Waals surface area contributed by atoms with Crippen molar-refractivity contribution in [3.63, 3.8) is 0 Å². The van der Waals surface area contributed by atoms with Crippen molar-refractivity contribution in [2.45, 2.75) is 99.5 Å². The molecule has 0 amide bonds. The maximum absolute atomic E-state index is 11.2. The molecule has 2 aliphatic heterocycles. The lowest BCUT2D eigenvalue weighted by Gasteiger charge is -2.42. The molecule has 2 heterocycles. The van der Waals surface area contributed by atoms with Crippen LogP contribution in [0.4, 0.5) is 0 Å². The van der Waals surface area contributed by atoms with Crippen molar-refractivity contribution in [1.82, 2.24) is 4.90 Å². The molecule has 2 aromatic carbocycles. The molecule has 11 nitrogen and oxygen atoms in total. The Hall–Kier alpha value is -2.00. The summed E-state index contributed by atoms with van der Waals surface area (Å²) in [6.07, 6.45) is -5.91. The first-order valence-corrected chi connectivity index (χ1v) is 15.3. The van der Waals surface area contributed by atoms with Gasteiger partial charge in [-0.3, -0.25) is 4.90 Å². The molecular weight excluding hydrogens is 556 g/mol. The smallest absolute Gasteiger partial charge is 0.184 e. The fraction of sp³-hybridized carbons (Fsp3) is 0.625. The number of nitrogens with two attached hydrogens (primary N) is 1. The van der Waals surface area contributed by atoms with Crippen LogP contribution in [0.1, 0.15) is 55.8 Å². The molecule has 238 valence electrons. The van der Waals surface area contributed by atoms with Gasteiger partial charge in [0, 0.05) is 36.3 Å². The van der Waals surface area contributed by atoms with Gasteiger partial charge in [-0.25, -0.2) is 0 Å². The summed E-state index contributed by atoms with van der Waals surface area (Å²) >= 11 is 0. The number of hydrogen-bond acceptors (Lipinski definition) is 11. The number of rotatable bonds is 11. The zero-order valence-corrected chi connectivity index (χ0v) is 24.4. The summed E-state index contributed by atoms with van der Waals surface area (Å²) in [5.41, 5.74) is 7.72. The highest BCUT2D eigenvalue weighted by atomic mass is 16.7. The Morgan fingerprint density at radius 2 is 1.28 bits per heavy atom. The Labute approximate surface area is 252 Å². The molecule has 2 unspecified atom stereocenters. The lowest BCUT2D eigenvalue weighted by atomic mass is 9.89. The molecule has 0 spiro atoms. The van der Waals surface area contributed by atoms with Gasteiger partial charge in [0.05, 0.1) is 31.5 Å². The standard InChI is InChI=1S/C32H46N2O9/c33-22-11-13-23(14-12-22)34(17-24(35)28(38)27-15-16-40-31(42-27)20-7-3-1-4-8-20)18-25(36)29(39)30-26(37)19-41-32(43-30)21-9-5-2-6-10-21/h1-10,22-32,35-39H,11-19,33H2/t22-,23+,24-,25-,26+,27+,28+,29+,30+,31?,32?/m0/s1. The third-order valence-corrected chi connectivity index (χ3v) is 8.80. The number of ether oxygens (including phenoxy) is 4. The average Bonchev–Trinajstić information content (AvgIpc) is 3.05. The summed E-state index contributed by atoms with van der Waals surface area (Å²) in [4.78, 5) is 1.90. The van der Waals surface area contributed by atoms with E-state index in [1.807, 2.05) is 65.6 Å². The highest BCUT2D eigenvalue weighted by molar-refractivity contribution is 5.17. The van der Waals surface area contributed by atoms with Crippen molar-refractivity contribution < 1.29 is 44.5 Å². The van der Waals surface area contributed by atoms with Gasteiger partial charge in [-0.15, -0.1) is 0 Å². The molecule has 0 aromatic heterocycles. The van der Waals surface area contributed by atoms with Crippen LogP contribution in [0.5, 0.6) is 0 Å². The first kappa shape index (κ1) is 32.4. The van der Waals surface area contributed by atoms with Crippen LogP contribution in [0.25, 0.3) is 0 Å². The maximum atomic E-state index is 11.2. The Bertz CT molecular complexity index is 1090. The second-order valence-electron chi connectivity index (χ2n) is 12.0. The largest absolute Gasteiger partial charge is 0.389 e. The Morgan fingerprint density at radius 3 is 1.88 bits per heavy atom. The zero-order valence-electron chi connectivity index (χ0n) is 24.4. The molecule has 0 bridgehead atoms. The van der Waals surface area contributed by atoms with E-state index in [-0.39, 0.29) is 31.8 Å². The topological polar surface area (TPSA) is 167 Å². The van der Waals surface area contributed by atoms with E-state index in [1.54, 1.807) is 0 Å². The minimum absolute atomic E-state index is 0.00440. The van der Waals surface area contributed by atoms with Gasteiger partial charge in [-0.05, 0) is 32.1 Å². The van der Waals surface area contributed by atoms with Crippen LogP contribution in [0.15, 0.2) is 60.7 Å². The van der Waals surface area contributed by atoms with Gasteiger partial charge in [0.15, 0.2) is 12.6 Å². The van der Waals surface area contributed by atoms with Crippen molar-refractivity contribution in [2.75, 3.05) is 26.3 Å². The molecule has 3 aliphatic rings. The SMILES string of the molecule is N[C@H]1CC[C@@H](N(C[C@H](O)[C@@H](O)[C@H]2CCOC(c3ccccc3)O2)C[C@H](O)[C@@H](O)[C@@H]2OC(c3ccccc3)OC[C@H]2O)CC1. The summed E-state index contributed by atoms with van der Waals surface area (Å²) in [6.45, 7) is 0.361. The first-order chi connectivity index (χ1) is 20.8. The van der Waals surface area contributed by atoms with Crippen molar-refractivity contribution >= 4 is 0 Å². The summed E-state index contributed by atoms with van der Waals surface area (Å²) in [6, 6.07) is 18.7. The molecule has 2 aromatic rings. The fourth-order valence-corrected chi connectivity index (χ4v) is 6.24. The van der Waals surface area contributed by atoms with Crippen LogP contribution in [-0.2, 0) is 18.9 Å². The number of nitrogens with zero attached hydrogens (tertiary/aromatic N) is 1. The van der Waals surface area contributed by atoms with Crippen LogP contribution in [0, 0.1) is 0 Å². The normalized spacial score (nSPS) is 33.0. The predicted octanol–water partition coefficient (Wildman–Crippen LogP) is 0.981. The number of benzene rings is 2. The van der Waals surface area contributed by atoms with Gasteiger partial charge in [0.25, 0.3) is 0 Å². The number of hydrogen-bond donors (Lipinski definition) is 6. The van der Waals surface area contributed by atoms with E-state index in [0.29, 0.717) is 13.0 Å². The lowest BCUT2D eigenvalue weighted by molar-refractivity contribution is -0.283. The first-order valence-electron chi connectivity index (χ1n) is 15.3. The van der Waals surface area contributed by atoms with Crippen LogP contribution in [0.2, 0.25) is 0 Å². The Kier molecular flexibility index (Phi) is 11.5. The van der Waals surface area contributed by atoms with Crippen molar-refractivity contribution in [3.05, 3.63) is 71.8 Å². The maximum Gasteiger partial charge on any atom is 0.184 e. The van der Waals surface area contributed by atoms with E-state index in [4.69, 9.17) is 24.7 Å². The van der Waals surface area contributed by atoms with E-state index in [2.05, 4.69) is 0 Å². The second-order valence-corrected chi connectivity index (χ2v) is 12.0. The summed E-state index contributed by atoms with van der Waals surface area (Å²) in [5.74, 6) is 0. The predicted molar refractivity (Wildman–Crippen MR) is 156 cm³/mol. The van der Waals surface area contributed by atoms with E-state index in [0.717, 1.165) is 36.8 Å². The lowest BCUT2D eigenvalue weighted by Crippen LogP contribution is -2.56. The van der Waals surface area contributed by atoms with Crippen LogP contribution >= 0.6 is 0 Å². The van der Waals surface area contributed by atoms with Crippen molar-refractivity contribution in [3.8, 4) is 0 Å². The third kappa shape index (κ3) is 8.38. The monoisotopic (exact) mass is 602 g/mol. The molecule has 1 aliphatic carbocycles. The van der Waals surface area contributed by atoms with E-state index >= 15 is 0 Å². The molecular formula is C32H46N2O9. The van der Waals surface area contributed by atoms with Gasteiger partial charge in [0.1, 0.15) is 24.4 Å². The van der Waals surface area contributed by atoms with Gasteiger partial charge in [0.2, 0.25) is 0 Å². The van der Waals surface area contributed by atoms with Gasteiger partial charge in [-0.1, -0.05) is 60.7 Å². The van der Waals surface area contributed by atoms with Crippen molar-refractivity contribution in [1.29, 1.82) is 0 Å². The number of aliphatic hydroxyl groups is 5. The minimum Gasteiger partial charge on any atom is -0.389 e. The molecule has 3 fully saturated rings. The Morgan fingerprint density at radius 1 is 0.721 bits per heavy atom. The zero-order chi connectivity index (χ0) is 30.3. The molecule has 1 saturated carbocycles. The molecule has 11 heteroatoms. The summed E-state index contributed by atoms with van der Waals surface area (Å²) < 4.78 is 23.3. The van der Waals surface area contributed by atoms with Crippen LogP contribution in [-0.4, -0.2) is 112 Å². The second kappa shape index (κ2) is 15.3. The van der Waals surface area contributed by atoms with Gasteiger partial charge >= 0.3 is 0 Å². The molecule has 7 N–H and O–H groups in total. The number of aliphatic hydroxyl groups excluding tert-OH is 5. The highest BCUT2D eigenvalue weighted by Crippen LogP contribution is 2.31. The quantitative estimate of drug-likeness (QED) is 0.217. The van der Waals surface area contributed by atoms with Crippen LogP contribution in [0.3, 0.4) is 0 Å². The third-order valence-electron chi connectivity index (χ3n) is 8.80. The minimum atomic E-state index is -1.43. The molecule has 43 heavy (non-hydrogen) atoms. The molecule has 2 saturated heterocycles. The van der Waals surface area contributed by atoms with Crippen LogP contribution < -0.4 is 5.73 Å². The van der Waals surface area contributed by atoms with Gasteiger partial charge in [-0.2, -0.15) is 0 Å². The van der Waals surface area contributed by atoms with Gasteiger partial charge < -0.3 is 50.2 Å². The molecule has 9 atom stereocenters. The van der Waals surface area contributed by atoms with E-state index in [9.17, 15) is 25.5 Å². The summed E-state index contributed by atoms with van der Waals surface area (Å²) in [5, 5.41) is 55.4.